The molecule has 0 amide bonds. The average Bonchev–Trinajstić information content (AvgIpc) is 3.19. The number of pyridine rings is 1. The van der Waals surface area contributed by atoms with E-state index in [0.717, 1.165) is 16.8 Å². The Morgan fingerprint density at radius 1 is 1.31 bits per heavy atom. The van der Waals surface area contributed by atoms with Crippen LogP contribution in [0, 0.1) is 13.8 Å². The molecule has 3 heterocycles. The number of carbonyl (C=O) groups is 1. The molecular formula is C21H21ClN2O4S. The number of carbonyl (C=O) groups excluding carboxylic acids is 1. The molecule has 152 valence electrons. The van der Waals surface area contributed by atoms with Crippen LogP contribution in [0.25, 0.3) is 10.9 Å². The number of benzene rings is 1. The van der Waals surface area contributed by atoms with Crippen LogP contribution >= 0.6 is 11.6 Å². The predicted octanol–water partition coefficient (Wildman–Crippen LogP) is 3.93. The molecule has 1 aliphatic rings. The van der Waals surface area contributed by atoms with Gasteiger partial charge in [0, 0.05) is 34.6 Å². The van der Waals surface area contributed by atoms with Crippen molar-refractivity contribution in [3.63, 3.8) is 0 Å². The molecule has 29 heavy (non-hydrogen) atoms. The van der Waals surface area contributed by atoms with Crippen molar-refractivity contribution in [2.45, 2.75) is 26.3 Å². The topological polar surface area (TPSA) is 78.3 Å². The van der Waals surface area contributed by atoms with Crippen molar-refractivity contribution >= 4 is 38.1 Å². The van der Waals surface area contributed by atoms with Crippen LogP contribution in [0.4, 0.5) is 0 Å². The minimum absolute atomic E-state index is 0.119. The highest BCUT2D eigenvalue weighted by molar-refractivity contribution is 7.91. The molecular weight excluding hydrogens is 412 g/mol. The van der Waals surface area contributed by atoms with Crippen LogP contribution < -0.4 is 4.74 Å². The van der Waals surface area contributed by atoms with Crippen LogP contribution in [0.1, 0.15) is 34.2 Å². The molecule has 0 N–H and O–H groups in total. The fraction of sp³-hybridized carbons (Fsp3) is 0.333. The molecule has 4 rings (SSSR count). The van der Waals surface area contributed by atoms with Gasteiger partial charge in [0.15, 0.2) is 16.4 Å². The number of halogens is 1. The molecule has 0 bridgehead atoms. The first-order valence-corrected chi connectivity index (χ1v) is 11.5. The normalized spacial score (nSPS) is 18.2. The van der Waals surface area contributed by atoms with Crippen molar-refractivity contribution in [2.75, 3.05) is 18.1 Å². The van der Waals surface area contributed by atoms with Gasteiger partial charge in [0.05, 0.1) is 16.5 Å². The number of hydrogen-bond donors (Lipinski definition) is 0. The van der Waals surface area contributed by atoms with Crippen molar-refractivity contribution in [1.82, 2.24) is 9.55 Å². The lowest BCUT2D eigenvalue weighted by Gasteiger charge is -2.16. The van der Waals surface area contributed by atoms with Crippen LogP contribution in [0.2, 0.25) is 5.02 Å². The highest BCUT2D eigenvalue weighted by Crippen LogP contribution is 2.31. The molecule has 6 nitrogen and oxygen atoms in total. The summed E-state index contributed by atoms with van der Waals surface area (Å²) < 4.78 is 31.5. The summed E-state index contributed by atoms with van der Waals surface area (Å²) in [5.74, 6) is 0.645. The highest BCUT2D eigenvalue weighted by Gasteiger charge is 2.31. The molecule has 1 saturated heterocycles. The maximum absolute atomic E-state index is 12.8. The van der Waals surface area contributed by atoms with Crippen molar-refractivity contribution < 1.29 is 17.9 Å². The van der Waals surface area contributed by atoms with Crippen molar-refractivity contribution in [3.05, 3.63) is 58.5 Å². The fourth-order valence-corrected chi connectivity index (χ4v) is 5.97. The number of aryl methyl sites for hydroxylation is 1. The largest absolute Gasteiger partial charge is 0.483 e. The Labute approximate surface area is 174 Å². The molecule has 1 fully saturated rings. The molecule has 8 heteroatoms. The Kier molecular flexibility index (Phi) is 5.12. The van der Waals surface area contributed by atoms with Crippen LogP contribution in [-0.2, 0) is 9.84 Å². The van der Waals surface area contributed by atoms with E-state index in [2.05, 4.69) is 4.98 Å². The minimum Gasteiger partial charge on any atom is -0.483 e. The zero-order valence-electron chi connectivity index (χ0n) is 16.2. The van der Waals surface area contributed by atoms with E-state index in [-0.39, 0.29) is 29.9 Å². The van der Waals surface area contributed by atoms with Crippen molar-refractivity contribution in [3.8, 4) is 5.75 Å². The van der Waals surface area contributed by atoms with Crippen LogP contribution in [0.3, 0.4) is 0 Å². The van der Waals surface area contributed by atoms with Gasteiger partial charge in [0.1, 0.15) is 11.3 Å². The van der Waals surface area contributed by atoms with E-state index >= 15 is 0 Å². The zero-order chi connectivity index (χ0) is 20.8. The maximum atomic E-state index is 12.8. The van der Waals surface area contributed by atoms with Gasteiger partial charge < -0.3 is 9.30 Å². The van der Waals surface area contributed by atoms with Gasteiger partial charge in [-0.25, -0.2) is 8.42 Å². The number of rotatable bonds is 5. The molecule has 0 aliphatic carbocycles. The lowest BCUT2D eigenvalue weighted by Crippen LogP contribution is -2.16. The number of aromatic nitrogens is 2. The second-order valence-electron chi connectivity index (χ2n) is 7.37. The monoisotopic (exact) mass is 432 g/mol. The quantitative estimate of drug-likeness (QED) is 0.571. The lowest BCUT2D eigenvalue weighted by molar-refractivity contribution is 0.0921. The Balaban J connectivity index is 1.56. The number of fused-ring (bicyclic) bond motifs is 1. The van der Waals surface area contributed by atoms with E-state index in [9.17, 15) is 13.2 Å². The molecule has 1 atom stereocenters. The van der Waals surface area contributed by atoms with Crippen LogP contribution in [0.15, 0.2) is 36.5 Å². The van der Waals surface area contributed by atoms with E-state index in [1.54, 1.807) is 24.4 Å². The number of sulfone groups is 1. The van der Waals surface area contributed by atoms with E-state index in [1.165, 1.54) is 0 Å². The number of nitrogens with zero attached hydrogens (tertiary/aromatic N) is 2. The van der Waals surface area contributed by atoms with Crippen molar-refractivity contribution in [1.29, 1.82) is 0 Å². The summed E-state index contributed by atoms with van der Waals surface area (Å²) in [6.07, 6.45) is 2.22. The average molecular weight is 433 g/mol. The molecule has 1 unspecified atom stereocenters. The zero-order valence-corrected chi connectivity index (χ0v) is 17.8. The first kappa shape index (κ1) is 19.9. The standard InChI is InChI=1S/C21H21ClN2O4S/c1-13-10-17(14(2)24(13)15-7-9-29(26,27)12-15)19(25)11-28-20-6-5-18(22)16-4-3-8-23-21(16)20/h3-6,8,10,15H,7,9,11-12H2,1-2H3. The van der Waals surface area contributed by atoms with E-state index in [4.69, 9.17) is 16.3 Å². The third kappa shape index (κ3) is 3.76. The molecule has 1 aromatic carbocycles. The predicted molar refractivity (Wildman–Crippen MR) is 113 cm³/mol. The Morgan fingerprint density at radius 2 is 2.10 bits per heavy atom. The second kappa shape index (κ2) is 7.46. The van der Waals surface area contributed by atoms with Gasteiger partial charge in [0.25, 0.3) is 0 Å². The molecule has 0 spiro atoms. The third-order valence-electron chi connectivity index (χ3n) is 5.40. The number of hydrogen-bond acceptors (Lipinski definition) is 5. The minimum atomic E-state index is -3.01. The summed E-state index contributed by atoms with van der Waals surface area (Å²) in [4.78, 5) is 17.2. The third-order valence-corrected chi connectivity index (χ3v) is 7.48. The van der Waals surface area contributed by atoms with Gasteiger partial charge in [0.2, 0.25) is 5.78 Å². The van der Waals surface area contributed by atoms with Gasteiger partial charge in [-0.3, -0.25) is 9.78 Å². The molecule has 0 radical (unpaired) electrons. The van der Waals surface area contributed by atoms with Crippen LogP contribution in [0.5, 0.6) is 5.75 Å². The fourth-order valence-electron chi connectivity index (χ4n) is 4.05. The Morgan fingerprint density at radius 3 is 2.83 bits per heavy atom. The lowest BCUT2D eigenvalue weighted by atomic mass is 10.1. The summed E-state index contributed by atoms with van der Waals surface area (Å²) in [6.45, 7) is 3.61. The first-order valence-electron chi connectivity index (χ1n) is 9.35. The van der Waals surface area contributed by atoms with Crippen LogP contribution in [-0.4, -0.2) is 41.9 Å². The molecule has 3 aromatic rings. The first-order chi connectivity index (χ1) is 13.8. The van der Waals surface area contributed by atoms with Gasteiger partial charge in [-0.05, 0) is 50.6 Å². The SMILES string of the molecule is Cc1cc(C(=O)COc2ccc(Cl)c3cccnc23)c(C)n1C1CCS(=O)(=O)C1. The van der Waals surface area contributed by atoms with Gasteiger partial charge >= 0.3 is 0 Å². The number of ether oxygens (including phenoxy) is 1. The van der Waals surface area contributed by atoms with E-state index < -0.39 is 9.84 Å². The summed E-state index contributed by atoms with van der Waals surface area (Å²) >= 11 is 6.20. The highest BCUT2D eigenvalue weighted by atomic mass is 35.5. The number of Topliss-reactive ketones (excluding diaryl/α,β-unsaturated/α-hetero) is 1. The smallest absolute Gasteiger partial charge is 0.202 e. The summed E-state index contributed by atoms with van der Waals surface area (Å²) in [7, 11) is -3.01. The second-order valence-corrected chi connectivity index (χ2v) is 10.0. The van der Waals surface area contributed by atoms with E-state index in [0.29, 0.717) is 28.3 Å². The van der Waals surface area contributed by atoms with Gasteiger partial charge in [-0.15, -0.1) is 0 Å². The number of ketones is 1. The van der Waals surface area contributed by atoms with Gasteiger partial charge in [-0.1, -0.05) is 11.6 Å². The Bertz CT molecular complexity index is 1220. The summed E-state index contributed by atoms with van der Waals surface area (Å²) in [6, 6.07) is 8.76. The van der Waals surface area contributed by atoms with Gasteiger partial charge in [-0.2, -0.15) is 0 Å². The summed E-state index contributed by atoms with van der Waals surface area (Å²) in [5, 5.41) is 1.33. The summed E-state index contributed by atoms with van der Waals surface area (Å²) in [5.41, 5.74) is 2.82. The molecule has 2 aromatic heterocycles. The van der Waals surface area contributed by atoms with E-state index in [1.807, 2.05) is 30.5 Å². The maximum Gasteiger partial charge on any atom is 0.202 e. The molecule has 0 saturated carbocycles. The van der Waals surface area contributed by atoms with Crippen molar-refractivity contribution in [2.24, 2.45) is 0 Å². The molecule has 1 aliphatic heterocycles. The Hall–Kier alpha value is -2.38.